The maximum absolute atomic E-state index is 12.7. The number of hydrogen-bond donors (Lipinski definition) is 2. The molecule has 0 atom stereocenters. The Hall–Kier alpha value is -1.88. The van der Waals surface area contributed by atoms with Crippen LogP contribution in [0.3, 0.4) is 0 Å². The van der Waals surface area contributed by atoms with Gasteiger partial charge >= 0.3 is 0 Å². The molecule has 0 aromatic heterocycles. The van der Waals surface area contributed by atoms with E-state index in [9.17, 15) is 9.59 Å². The zero-order valence-electron chi connectivity index (χ0n) is 15.3. The van der Waals surface area contributed by atoms with Crippen LogP contribution in [-0.4, -0.2) is 35.3 Å². The van der Waals surface area contributed by atoms with Crippen molar-refractivity contribution in [1.82, 2.24) is 4.90 Å². The largest absolute Gasteiger partial charge is 0.339 e. The monoisotopic (exact) mass is 343 g/mol. The normalized spacial score (nSPS) is 20.5. The van der Waals surface area contributed by atoms with Crippen LogP contribution in [0, 0.1) is 12.8 Å². The molecule has 0 radical (unpaired) electrons. The molecule has 1 aromatic carbocycles. The number of anilines is 1. The summed E-state index contributed by atoms with van der Waals surface area (Å²) in [5, 5.41) is 2.96. The molecule has 5 heteroatoms. The van der Waals surface area contributed by atoms with Gasteiger partial charge in [-0.25, -0.2) is 0 Å². The molecule has 1 aliphatic carbocycles. The number of hydrogen-bond acceptors (Lipinski definition) is 3. The van der Waals surface area contributed by atoms with Crippen molar-refractivity contribution in [2.24, 2.45) is 11.7 Å². The van der Waals surface area contributed by atoms with Crippen LogP contribution in [0.25, 0.3) is 0 Å². The van der Waals surface area contributed by atoms with E-state index in [-0.39, 0.29) is 11.8 Å². The fourth-order valence-electron chi connectivity index (χ4n) is 3.81. The minimum absolute atomic E-state index is 0.0824. The number of nitrogens with zero attached hydrogens (tertiary/aromatic N) is 1. The lowest BCUT2D eigenvalue weighted by atomic mass is 9.97. The number of likely N-dealkylation sites (tertiary alicyclic amines) is 1. The average molecular weight is 343 g/mol. The van der Waals surface area contributed by atoms with Crippen LogP contribution >= 0.6 is 0 Å². The second-order valence-electron chi connectivity index (χ2n) is 7.82. The zero-order valence-corrected chi connectivity index (χ0v) is 15.3. The lowest BCUT2D eigenvalue weighted by molar-refractivity contribution is -0.121. The van der Waals surface area contributed by atoms with Gasteiger partial charge in [0.15, 0.2) is 0 Å². The summed E-state index contributed by atoms with van der Waals surface area (Å²) in [5.74, 6) is 0.665. The Morgan fingerprint density at radius 2 is 1.84 bits per heavy atom. The number of amides is 2. The van der Waals surface area contributed by atoms with Crippen LogP contribution in [0.4, 0.5) is 5.69 Å². The summed E-state index contributed by atoms with van der Waals surface area (Å²) in [6.07, 6.45) is 5.62. The molecule has 1 heterocycles. The van der Waals surface area contributed by atoms with Crippen LogP contribution in [0.2, 0.25) is 0 Å². The SMILES string of the molecule is Cc1cc(C(=O)N2CCC(C)CC2)ccc1NC(=O)C1(N)CCCC1. The lowest BCUT2D eigenvalue weighted by Gasteiger charge is -2.30. The molecule has 0 bridgehead atoms. The van der Waals surface area contributed by atoms with Crippen LogP contribution in [0.5, 0.6) is 0 Å². The number of nitrogens with one attached hydrogen (secondary N) is 1. The highest BCUT2D eigenvalue weighted by Crippen LogP contribution is 2.29. The molecule has 2 aliphatic rings. The Bertz CT molecular complexity index is 657. The molecule has 1 aliphatic heterocycles. The van der Waals surface area contributed by atoms with Gasteiger partial charge in [-0.2, -0.15) is 0 Å². The standard InChI is InChI=1S/C20H29N3O2/c1-14-7-11-23(12-8-14)18(24)16-5-6-17(15(2)13-16)22-19(25)20(21)9-3-4-10-20/h5-6,13-14H,3-4,7-12,21H2,1-2H3,(H,22,25). The van der Waals surface area contributed by atoms with Crippen molar-refractivity contribution in [3.8, 4) is 0 Å². The van der Waals surface area contributed by atoms with E-state index in [1.807, 2.05) is 24.0 Å². The predicted molar refractivity (Wildman–Crippen MR) is 99.5 cm³/mol. The van der Waals surface area contributed by atoms with E-state index >= 15 is 0 Å². The molecular formula is C20H29N3O2. The van der Waals surface area contributed by atoms with Gasteiger partial charge in [0.25, 0.3) is 5.91 Å². The number of rotatable bonds is 3. The van der Waals surface area contributed by atoms with Crippen molar-refractivity contribution in [3.63, 3.8) is 0 Å². The molecule has 3 N–H and O–H groups in total. The van der Waals surface area contributed by atoms with Crippen LogP contribution < -0.4 is 11.1 Å². The molecule has 136 valence electrons. The van der Waals surface area contributed by atoms with Crippen molar-refractivity contribution < 1.29 is 9.59 Å². The van der Waals surface area contributed by atoms with Crippen molar-refractivity contribution in [2.75, 3.05) is 18.4 Å². The third kappa shape index (κ3) is 3.87. The lowest BCUT2D eigenvalue weighted by Crippen LogP contribution is -2.48. The van der Waals surface area contributed by atoms with Crippen molar-refractivity contribution in [1.29, 1.82) is 0 Å². The minimum atomic E-state index is -0.745. The van der Waals surface area contributed by atoms with Gasteiger partial charge in [0.1, 0.15) is 0 Å². The minimum Gasteiger partial charge on any atom is -0.339 e. The van der Waals surface area contributed by atoms with E-state index in [2.05, 4.69) is 12.2 Å². The highest BCUT2D eigenvalue weighted by Gasteiger charge is 2.37. The van der Waals surface area contributed by atoms with Gasteiger partial charge in [0.2, 0.25) is 5.91 Å². The molecule has 0 unspecified atom stereocenters. The fraction of sp³-hybridized carbons (Fsp3) is 0.600. The third-order valence-electron chi connectivity index (χ3n) is 5.74. The molecule has 3 rings (SSSR count). The molecule has 1 aromatic rings. The Balaban J connectivity index is 1.68. The highest BCUT2D eigenvalue weighted by atomic mass is 16.2. The summed E-state index contributed by atoms with van der Waals surface area (Å²) < 4.78 is 0. The zero-order chi connectivity index (χ0) is 18.0. The first-order chi connectivity index (χ1) is 11.9. The van der Waals surface area contributed by atoms with E-state index in [1.165, 1.54) is 0 Å². The van der Waals surface area contributed by atoms with Crippen molar-refractivity contribution in [2.45, 2.75) is 57.9 Å². The van der Waals surface area contributed by atoms with Gasteiger partial charge in [0.05, 0.1) is 5.54 Å². The Kier molecular flexibility index (Phi) is 5.13. The number of piperidine rings is 1. The van der Waals surface area contributed by atoms with Gasteiger partial charge < -0.3 is 16.0 Å². The van der Waals surface area contributed by atoms with E-state index in [1.54, 1.807) is 6.07 Å². The summed E-state index contributed by atoms with van der Waals surface area (Å²) in [7, 11) is 0. The molecule has 5 nitrogen and oxygen atoms in total. The maximum Gasteiger partial charge on any atom is 0.253 e. The van der Waals surface area contributed by atoms with Gasteiger partial charge in [0, 0.05) is 24.3 Å². The first-order valence-corrected chi connectivity index (χ1v) is 9.39. The van der Waals surface area contributed by atoms with Gasteiger partial charge in [-0.15, -0.1) is 0 Å². The fourth-order valence-corrected chi connectivity index (χ4v) is 3.81. The molecular weight excluding hydrogens is 314 g/mol. The van der Waals surface area contributed by atoms with Crippen molar-refractivity contribution >= 4 is 17.5 Å². The number of carbonyl (C=O) groups is 2. The molecule has 1 saturated carbocycles. The average Bonchev–Trinajstić information content (AvgIpc) is 3.05. The van der Waals surface area contributed by atoms with E-state index in [0.717, 1.165) is 62.9 Å². The maximum atomic E-state index is 12.7. The Morgan fingerprint density at radius 3 is 2.44 bits per heavy atom. The van der Waals surface area contributed by atoms with E-state index < -0.39 is 5.54 Å². The summed E-state index contributed by atoms with van der Waals surface area (Å²) in [6.45, 7) is 5.81. The number of benzene rings is 1. The second-order valence-corrected chi connectivity index (χ2v) is 7.82. The van der Waals surface area contributed by atoms with Gasteiger partial charge in [-0.1, -0.05) is 19.8 Å². The molecule has 1 saturated heterocycles. The van der Waals surface area contributed by atoms with Crippen molar-refractivity contribution in [3.05, 3.63) is 29.3 Å². The van der Waals surface area contributed by atoms with E-state index in [0.29, 0.717) is 11.5 Å². The Morgan fingerprint density at radius 1 is 1.20 bits per heavy atom. The summed E-state index contributed by atoms with van der Waals surface area (Å²) in [4.78, 5) is 27.1. The van der Waals surface area contributed by atoms with Crippen LogP contribution in [0.1, 0.15) is 61.4 Å². The molecule has 0 spiro atoms. The third-order valence-corrected chi connectivity index (χ3v) is 5.74. The number of aryl methyl sites for hydroxylation is 1. The first-order valence-electron chi connectivity index (χ1n) is 9.39. The van der Waals surface area contributed by atoms with Gasteiger partial charge in [-0.3, -0.25) is 9.59 Å². The summed E-state index contributed by atoms with van der Waals surface area (Å²) in [6, 6.07) is 5.50. The smallest absolute Gasteiger partial charge is 0.253 e. The highest BCUT2D eigenvalue weighted by molar-refractivity contribution is 6.00. The first kappa shape index (κ1) is 17.9. The van der Waals surface area contributed by atoms with Crippen LogP contribution in [-0.2, 0) is 4.79 Å². The molecule has 2 amide bonds. The Labute approximate surface area is 150 Å². The summed E-state index contributed by atoms with van der Waals surface area (Å²) in [5.41, 5.74) is 7.79. The summed E-state index contributed by atoms with van der Waals surface area (Å²) >= 11 is 0. The molecule has 2 fully saturated rings. The van der Waals surface area contributed by atoms with Gasteiger partial charge in [-0.05, 0) is 62.3 Å². The quantitative estimate of drug-likeness (QED) is 0.885. The predicted octanol–water partition coefficient (Wildman–Crippen LogP) is 3.08. The van der Waals surface area contributed by atoms with E-state index in [4.69, 9.17) is 5.73 Å². The number of carbonyl (C=O) groups excluding carboxylic acids is 2. The second kappa shape index (κ2) is 7.16. The molecule has 25 heavy (non-hydrogen) atoms. The number of nitrogens with two attached hydrogens (primary N) is 1. The van der Waals surface area contributed by atoms with Crippen LogP contribution in [0.15, 0.2) is 18.2 Å². The topological polar surface area (TPSA) is 75.4 Å².